The Balaban J connectivity index is 1.85. The SMILES string of the molecule is CCNc1nnc(SCC(=O)Nc2ccc(C)c(F)c2)s1. The molecule has 1 amide bonds. The Morgan fingerprint density at radius 1 is 1.43 bits per heavy atom. The quantitative estimate of drug-likeness (QED) is 0.798. The van der Waals surface area contributed by atoms with Crippen molar-refractivity contribution >= 4 is 39.8 Å². The molecule has 5 nitrogen and oxygen atoms in total. The third-order valence-electron chi connectivity index (χ3n) is 2.52. The minimum absolute atomic E-state index is 0.205. The molecule has 112 valence electrons. The molecule has 0 bridgehead atoms. The minimum atomic E-state index is -0.333. The van der Waals surface area contributed by atoms with E-state index in [2.05, 4.69) is 20.8 Å². The van der Waals surface area contributed by atoms with E-state index in [1.54, 1.807) is 19.1 Å². The number of aryl methyl sites for hydroxylation is 1. The third kappa shape index (κ3) is 4.68. The second kappa shape index (κ2) is 7.37. The van der Waals surface area contributed by atoms with Gasteiger partial charge in [0.2, 0.25) is 11.0 Å². The molecule has 2 rings (SSSR count). The normalized spacial score (nSPS) is 10.4. The molecule has 1 aromatic heterocycles. The van der Waals surface area contributed by atoms with Gasteiger partial charge in [-0.15, -0.1) is 10.2 Å². The van der Waals surface area contributed by atoms with Crippen LogP contribution in [0.25, 0.3) is 0 Å². The smallest absolute Gasteiger partial charge is 0.234 e. The first-order valence-electron chi connectivity index (χ1n) is 6.34. The van der Waals surface area contributed by atoms with Crippen LogP contribution in [-0.2, 0) is 4.79 Å². The summed E-state index contributed by atoms with van der Waals surface area (Å²) in [5.74, 6) is -0.334. The minimum Gasteiger partial charge on any atom is -0.360 e. The Morgan fingerprint density at radius 3 is 2.95 bits per heavy atom. The van der Waals surface area contributed by atoms with Crippen molar-refractivity contribution in [1.82, 2.24) is 10.2 Å². The lowest BCUT2D eigenvalue weighted by Crippen LogP contribution is -2.14. The highest BCUT2D eigenvalue weighted by Gasteiger charge is 2.09. The molecular weight excluding hydrogens is 311 g/mol. The van der Waals surface area contributed by atoms with Crippen molar-refractivity contribution in [2.24, 2.45) is 0 Å². The van der Waals surface area contributed by atoms with E-state index in [9.17, 15) is 9.18 Å². The predicted octanol–water partition coefficient (Wildman–Crippen LogP) is 3.15. The number of rotatable bonds is 6. The number of anilines is 2. The maximum Gasteiger partial charge on any atom is 0.234 e. The fourth-order valence-corrected chi connectivity index (χ4v) is 3.11. The number of thioether (sulfide) groups is 1. The number of hydrogen-bond acceptors (Lipinski definition) is 6. The molecule has 0 aliphatic rings. The maximum atomic E-state index is 13.4. The number of benzene rings is 1. The lowest BCUT2D eigenvalue weighted by molar-refractivity contribution is -0.113. The Labute approximate surface area is 130 Å². The van der Waals surface area contributed by atoms with Gasteiger partial charge in [0.1, 0.15) is 5.82 Å². The molecule has 1 aromatic carbocycles. The first-order valence-corrected chi connectivity index (χ1v) is 8.15. The highest BCUT2D eigenvalue weighted by Crippen LogP contribution is 2.25. The summed E-state index contributed by atoms with van der Waals surface area (Å²) < 4.78 is 14.1. The van der Waals surface area contributed by atoms with E-state index >= 15 is 0 Å². The van der Waals surface area contributed by atoms with Gasteiger partial charge in [-0.05, 0) is 31.5 Å². The van der Waals surface area contributed by atoms with Gasteiger partial charge in [-0.2, -0.15) is 0 Å². The largest absolute Gasteiger partial charge is 0.360 e. The van der Waals surface area contributed by atoms with E-state index in [1.807, 2.05) is 6.92 Å². The maximum absolute atomic E-state index is 13.4. The van der Waals surface area contributed by atoms with Crippen LogP contribution in [0.1, 0.15) is 12.5 Å². The third-order valence-corrected chi connectivity index (χ3v) is 4.53. The molecule has 0 aliphatic carbocycles. The summed E-state index contributed by atoms with van der Waals surface area (Å²) in [6.07, 6.45) is 0. The Bertz CT molecular complexity index is 632. The number of hydrogen-bond donors (Lipinski definition) is 2. The molecule has 0 spiro atoms. The summed E-state index contributed by atoms with van der Waals surface area (Å²) in [7, 11) is 0. The topological polar surface area (TPSA) is 66.9 Å². The monoisotopic (exact) mass is 326 g/mol. The zero-order valence-corrected chi connectivity index (χ0v) is 13.3. The van der Waals surface area contributed by atoms with Crippen molar-refractivity contribution in [2.45, 2.75) is 18.2 Å². The molecule has 2 N–H and O–H groups in total. The molecular formula is C13H15FN4OS2. The average molecular weight is 326 g/mol. The number of carbonyl (C=O) groups is 1. The van der Waals surface area contributed by atoms with Gasteiger partial charge in [-0.3, -0.25) is 4.79 Å². The molecule has 0 radical (unpaired) electrons. The standard InChI is InChI=1S/C13H15FN4OS2/c1-3-15-12-17-18-13(21-12)20-7-11(19)16-9-5-4-8(2)10(14)6-9/h4-6H,3,7H2,1-2H3,(H,15,17)(H,16,19). The Hall–Kier alpha value is -1.67. The van der Waals surface area contributed by atoms with E-state index in [4.69, 9.17) is 0 Å². The number of halogens is 1. The van der Waals surface area contributed by atoms with E-state index in [0.717, 1.165) is 16.0 Å². The molecule has 0 unspecified atom stereocenters. The fourth-order valence-electron chi connectivity index (χ4n) is 1.49. The lowest BCUT2D eigenvalue weighted by atomic mass is 10.2. The van der Waals surface area contributed by atoms with Crippen molar-refractivity contribution in [3.63, 3.8) is 0 Å². The zero-order chi connectivity index (χ0) is 15.2. The Kier molecular flexibility index (Phi) is 5.51. The van der Waals surface area contributed by atoms with Crippen molar-refractivity contribution < 1.29 is 9.18 Å². The first kappa shape index (κ1) is 15.7. The zero-order valence-electron chi connectivity index (χ0n) is 11.6. The summed E-state index contributed by atoms with van der Waals surface area (Å²) in [6.45, 7) is 4.43. The van der Waals surface area contributed by atoms with Gasteiger partial charge in [0.05, 0.1) is 5.75 Å². The molecule has 0 atom stereocenters. The van der Waals surface area contributed by atoms with Crippen LogP contribution in [0.4, 0.5) is 15.2 Å². The van der Waals surface area contributed by atoms with Crippen LogP contribution in [0.5, 0.6) is 0 Å². The van der Waals surface area contributed by atoms with Gasteiger partial charge in [-0.1, -0.05) is 29.2 Å². The second-order valence-corrected chi connectivity index (χ2v) is 6.40. The van der Waals surface area contributed by atoms with Crippen molar-refractivity contribution in [3.05, 3.63) is 29.6 Å². The van der Waals surface area contributed by atoms with Crippen LogP contribution in [0.2, 0.25) is 0 Å². The van der Waals surface area contributed by atoms with Crippen LogP contribution in [0, 0.1) is 12.7 Å². The van der Waals surface area contributed by atoms with Gasteiger partial charge < -0.3 is 10.6 Å². The van der Waals surface area contributed by atoms with Gasteiger partial charge in [-0.25, -0.2) is 4.39 Å². The van der Waals surface area contributed by atoms with Crippen LogP contribution in [-0.4, -0.2) is 28.4 Å². The van der Waals surface area contributed by atoms with Gasteiger partial charge >= 0.3 is 0 Å². The number of nitrogens with one attached hydrogen (secondary N) is 2. The van der Waals surface area contributed by atoms with Crippen LogP contribution in [0.15, 0.2) is 22.5 Å². The van der Waals surface area contributed by atoms with E-state index < -0.39 is 0 Å². The van der Waals surface area contributed by atoms with Crippen molar-refractivity contribution in [1.29, 1.82) is 0 Å². The van der Waals surface area contributed by atoms with Crippen molar-refractivity contribution in [3.8, 4) is 0 Å². The lowest BCUT2D eigenvalue weighted by Gasteiger charge is -2.05. The summed E-state index contributed by atoms with van der Waals surface area (Å²) in [6, 6.07) is 4.62. The molecule has 0 saturated carbocycles. The highest BCUT2D eigenvalue weighted by atomic mass is 32.2. The summed E-state index contributed by atoms with van der Waals surface area (Å²) in [5, 5.41) is 14.4. The second-order valence-electron chi connectivity index (χ2n) is 4.20. The average Bonchev–Trinajstić information content (AvgIpc) is 2.89. The number of nitrogens with zero attached hydrogens (tertiary/aromatic N) is 2. The predicted molar refractivity (Wildman–Crippen MR) is 84.6 cm³/mol. The van der Waals surface area contributed by atoms with Crippen molar-refractivity contribution in [2.75, 3.05) is 22.9 Å². The molecule has 0 aliphatic heterocycles. The molecule has 21 heavy (non-hydrogen) atoms. The Morgan fingerprint density at radius 2 is 2.24 bits per heavy atom. The van der Waals surface area contributed by atoms with E-state index in [0.29, 0.717) is 11.3 Å². The summed E-state index contributed by atoms with van der Waals surface area (Å²) in [5.41, 5.74) is 1.00. The van der Waals surface area contributed by atoms with E-state index in [1.165, 1.54) is 29.2 Å². The number of carbonyl (C=O) groups excluding carboxylic acids is 1. The van der Waals surface area contributed by atoms with E-state index in [-0.39, 0.29) is 17.5 Å². The number of amides is 1. The molecule has 1 heterocycles. The first-order chi connectivity index (χ1) is 10.1. The van der Waals surface area contributed by atoms with Crippen LogP contribution < -0.4 is 10.6 Å². The van der Waals surface area contributed by atoms with Crippen LogP contribution >= 0.6 is 23.1 Å². The highest BCUT2D eigenvalue weighted by molar-refractivity contribution is 8.01. The summed E-state index contributed by atoms with van der Waals surface area (Å²) in [4.78, 5) is 11.8. The molecule has 8 heteroatoms. The molecule has 0 fully saturated rings. The number of aromatic nitrogens is 2. The van der Waals surface area contributed by atoms with Gasteiger partial charge in [0.25, 0.3) is 0 Å². The fraction of sp³-hybridized carbons (Fsp3) is 0.308. The molecule has 0 saturated heterocycles. The summed E-state index contributed by atoms with van der Waals surface area (Å²) >= 11 is 2.70. The van der Waals surface area contributed by atoms with Gasteiger partial charge in [0, 0.05) is 12.2 Å². The van der Waals surface area contributed by atoms with Gasteiger partial charge in [0.15, 0.2) is 4.34 Å². The molecule has 2 aromatic rings. The van der Waals surface area contributed by atoms with Crippen LogP contribution in [0.3, 0.4) is 0 Å².